The van der Waals surface area contributed by atoms with Crippen molar-refractivity contribution in [3.05, 3.63) is 39.3 Å². The molecule has 106 valence electrons. The van der Waals surface area contributed by atoms with Gasteiger partial charge in [0.15, 0.2) is 0 Å². The van der Waals surface area contributed by atoms with Gasteiger partial charge in [0.05, 0.1) is 10.0 Å². The number of sulfonamides is 1. The molecule has 1 aromatic rings. The van der Waals surface area contributed by atoms with E-state index in [0.29, 0.717) is 4.47 Å². The van der Waals surface area contributed by atoms with E-state index in [1.165, 1.54) is 22.5 Å². The summed E-state index contributed by atoms with van der Waals surface area (Å²) in [6.07, 6.45) is 1.53. The van der Waals surface area contributed by atoms with Crippen LogP contribution in [-0.4, -0.2) is 25.3 Å². The molecule has 0 aromatic heterocycles. The van der Waals surface area contributed by atoms with Crippen LogP contribution in [-0.2, 0) is 10.0 Å². The van der Waals surface area contributed by atoms with E-state index < -0.39 is 10.0 Å². The molecule has 0 saturated carbocycles. The average Bonchev–Trinajstić information content (AvgIpc) is 2.22. The van der Waals surface area contributed by atoms with E-state index in [2.05, 4.69) is 22.5 Å². The molecule has 0 unspecified atom stereocenters. The lowest BCUT2D eigenvalue weighted by atomic mass is 10.4. The SMILES string of the molecule is C=CCN(C(C)C)S(=O)(=O)c1c(Cl)cc(Br)cc1Cl. The normalized spacial score (nSPS) is 12.2. The molecule has 1 rings (SSSR count). The van der Waals surface area contributed by atoms with E-state index in [4.69, 9.17) is 23.2 Å². The van der Waals surface area contributed by atoms with Gasteiger partial charge in [0.25, 0.3) is 0 Å². The maximum atomic E-state index is 12.6. The third-order valence-electron chi connectivity index (χ3n) is 2.41. The van der Waals surface area contributed by atoms with Crippen molar-refractivity contribution in [1.29, 1.82) is 0 Å². The van der Waals surface area contributed by atoms with Crippen molar-refractivity contribution in [2.45, 2.75) is 24.8 Å². The van der Waals surface area contributed by atoms with Gasteiger partial charge in [0.1, 0.15) is 4.90 Å². The second-order valence-corrected chi connectivity index (χ2v) is 7.71. The Hall–Kier alpha value is -0.0700. The molecule has 0 aliphatic heterocycles. The Morgan fingerprint density at radius 3 is 2.21 bits per heavy atom. The highest BCUT2D eigenvalue weighted by Gasteiger charge is 2.30. The molecule has 0 atom stereocenters. The van der Waals surface area contributed by atoms with E-state index in [0.717, 1.165) is 0 Å². The lowest BCUT2D eigenvalue weighted by molar-refractivity contribution is 0.383. The summed E-state index contributed by atoms with van der Waals surface area (Å²) in [6.45, 7) is 7.33. The standard InChI is InChI=1S/C12H14BrCl2NO2S/c1-4-5-16(8(2)3)19(17,18)12-10(14)6-9(13)7-11(12)15/h4,6-8H,1,5H2,2-3H3. The Morgan fingerprint density at radius 1 is 1.37 bits per heavy atom. The predicted octanol–water partition coefficient (Wildman–Crippen LogP) is 4.34. The van der Waals surface area contributed by atoms with Crippen LogP contribution in [0.3, 0.4) is 0 Å². The van der Waals surface area contributed by atoms with Crippen LogP contribution < -0.4 is 0 Å². The van der Waals surface area contributed by atoms with Gasteiger partial charge in [0, 0.05) is 17.1 Å². The summed E-state index contributed by atoms with van der Waals surface area (Å²) < 4.78 is 27.1. The largest absolute Gasteiger partial charge is 0.246 e. The second-order valence-electron chi connectivity index (χ2n) is 4.16. The summed E-state index contributed by atoms with van der Waals surface area (Å²) in [6, 6.07) is 2.79. The van der Waals surface area contributed by atoms with Crippen molar-refractivity contribution in [3.63, 3.8) is 0 Å². The van der Waals surface area contributed by atoms with Gasteiger partial charge < -0.3 is 0 Å². The summed E-state index contributed by atoms with van der Waals surface area (Å²) in [5.74, 6) is 0. The summed E-state index contributed by atoms with van der Waals surface area (Å²) in [4.78, 5) is -0.0745. The molecule has 1 aromatic carbocycles. The van der Waals surface area contributed by atoms with Gasteiger partial charge in [-0.3, -0.25) is 0 Å². The Bertz CT molecular complexity index is 564. The number of rotatable bonds is 5. The highest BCUT2D eigenvalue weighted by atomic mass is 79.9. The number of nitrogens with zero attached hydrogens (tertiary/aromatic N) is 1. The molecule has 7 heteroatoms. The number of benzene rings is 1. The third-order valence-corrected chi connectivity index (χ3v) is 5.84. The number of hydrogen-bond acceptors (Lipinski definition) is 2. The Balaban J connectivity index is 3.46. The molecule has 0 heterocycles. The second kappa shape index (κ2) is 6.59. The molecule has 0 fully saturated rings. The Labute approximate surface area is 132 Å². The smallest absolute Gasteiger partial charge is 0.207 e. The lowest BCUT2D eigenvalue weighted by Gasteiger charge is -2.25. The van der Waals surface area contributed by atoms with Crippen LogP contribution in [0.15, 0.2) is 34.2 Å². The first kappa shape index (κ1) is 17.0. The van der Waals surface area contributed by atoms with Crippen LogP contribution in [0.5, 0.6) is 0 Å². The molecular formula is C12H14BrCl2NO2S. The maximum Gasteiger partial charge on any atom is 0.246 e. The minimum Gasteiger partial charge on any atom is -0.207 e. The highest BCUT2D eigenvalue weighted by molar-refractivity contribution is 9.10. The first-order valence-corrected chi connectivity index (χ1v) is 8.48. The zero-order valence-corrected chi connectivity index (χ0v) is 14.4. The fourth-order valence-corrected chi connectivity index (χ4v) is 5.10. The van der Waals surface area contributed by atoms with Crippen LogP contribution in [0.2, 0.25) is 10.0 Å². The molecule has 0 N–H and O–H groups in total. The summed E-state index contributed by atoms with van der Waals surface area (Å²) >= 11 is 15.3. The van der Waals surface area contributed by atoms with Crippen molar-refractivity contribution >= 4 is 49.2 Å². The van der Waals surface area contributed by atoms with Crippen LogP contribution in [0.25, 0.3) is 0 Å². The first-order chi connectivity index (χ1) is 8.71. The molecule has 0 amide bonds. The van der Waals surface area contributed by atoms with Crippen molar-refractivity contribution < 1.29 is 8.42 Å². The quantitative estimate of drug-likeness (QED) is 0.705. The van der Waals surface area contributed by atoms with Crippen molar-refractivity contribution in [2.75, 3.05) is 6.54 Å². The maximum absolute atomic E-state index is 12.6. The van der Waals surface area contributed by atoms with E-state index in [9.17, 15) is 8.42 Å². The minimum absolute atomic E-state index is 0.0745. The van der Waals surface area contributed by atoms with Crippen molar-refractivity contribution in [2.24, 2.45) is 0 Å². The van der Waals surface area contributed by atoms with E-state index in [-0.39, 0.29) is 27.5 Å². The first-order valence-electron chi connectivity index (χ1n) is 5.49. The topological polar surface area (TPSA) is 37.4 Å². The zero-order valence-electron chi connectivity index (χ0n) is 10.5. The molecule has 0 bridgehead atoms. The van der Waals surface area contributed by atoms with Gasteiger partial charge in [0.2, 0.25) is 10.0 Å². The average molecular weight is 387 g/mol. The lowest BCUT2D eigenvalue weighted by Crippen LogP contribution is -2.37. The molecule has 0 aliphatic rings. The Morgan fingerprint density at radius 2 is 1.84 bits per heavy atom. The highest BCUT2D eigenvalue weighted by Crippen LogP contribution is 2.35. The molecule has 0 radical (unpaired) electrons. The van der Waals surface area contributed by atoms with Gasteiger partial charge in [-0.15, -0.1) is 6.58 Å². The summed E-state index contributed by atoms with van der Waals surface area (Å²) in [5, 5.41) is 0.183. The molecule has 3 nitrogen and oxygen atoms in total. The van der Waals surface area contributed by atoms with E-state index in [1.807, 2.05) is 0 Å². The summed E-state index contributed by atoms with van der Waals surface area (Å²) in [5.41, 5.74) is 0. The molecule has 0 spiro atoms. The molecule has 19 heavy (non-hydrogen) atoms. The van der Waals surface area contributed by atoms with Crippen LogP contribution in [0.4, 0.5) is 0 Å². The van der Waals surface area contributed by atoms with Gasteiger partial charge >= 0.3 is 0 Å². The van der Waals surface area contributed by atoms with Crippen LogP contribution in [0, 0.1) is 0 Å². The van der Waals surface area contributed by atoms with Gasteiger partial charge in [-0.1, -0.05) is 45.2 Å². The van der Waals surface area contributed by atoms with E-state index >= 15 is 0 Å². The van der Waals surface area contributed by atoms with Crippen LogP contribution in [0.1, 0.15) is 13.8 Å². The third kappa shape index (κ3) is 3.73. The zero-order chi connectivity index (χ0) is 14.8. The van der Waals surface area contributed by atoms with Gasteiger partial charge in [-0.25, -0.2) is 8.42 Å². The van der Waals surface area contributed by atoms with Gasteiger partial charge in [-0.05, 0) is 26.0 Å². The van der Waals surface area contributed by atoms with Crippen molar-refractivity contribution in [3.8, 4) is 0 Å². The Kier molecular flexibility index (Phi) is 5.89. The fraction of sp³-hybridized carbons (Fsp3) is 0.333. The fourth-order valence-electron chi connectivity index (χ4n) is 1.61. The van der Waals surface area contributed by atoms with Crippen molar-refractivity contribution in [1.82, 2.24) is 4.31 Å². The summed E-state index contributed by atoms with van der Waals surface area (Å²) in [7, 11) is -3.76. The number of hydrogen-bond donors (Lipinski definition) is 0. The molecule has 0 saturated heterocycles. The number of halogens is 3. The molecule has 0 aliphatic carbocycles. The minimum atomic E-state index is -3.76. The van der Waals surface area contributed by atoms with Gasteiger partial charge in [-0.2, -0.15) is 4.31 Å². The van der Waals surface area contributed by atoms with E-state index in [1.54, 1.807) is 13.8 Å². The molecular weight excluding hydrogens is 373 g/mol. The predicted molar refractivity (Wildman–Crippen MR) is 83.4 cm³/mol. The van der Waals surface area contributed by atoms with Crippen LogP contribution >= 0.6 is 39.1 Å². The monoisotopic (exact) mass is 385 g/mol.